The van der Waals surface area contributed by atoms with Crippen LogP contribution in [0, 0.1) is 0 Å². The lowest BCUT2D eigenvalue weighted by atomic mass is 10.1. The van der Waals surface area contributed by atoms with Gasteiger partial charge in [-0.25, -0.2) is 0 Å². The van der Waals surface area contributed by atoms with Gasteiger partial charge in [0.2, 0.25) is 6.29 Å². The molecule has 0 heterocycles. The van der Waals surface area contributed by atoms with Crippen LogP contribution in [0.1, 0.15) is 5.56 Å². The summed E-state index contributed by atoms with van der Waals surface area (Å²) in [5.41, 5.74) is 2.67. The monoisotopic (exact) mass is 180 g/mol. The number of nitrogens with one attached hydrogen (secondary N) is 1. The summed E-state index contributed by atoms with van der Waals surface area (Å²) >= 11 is 0. The number of rotatable bonds is 4. The topological polar surface area (TPSA) is 69.6 Å². The third-order valence-corrected chi connectivity index (χ3v) is 1.67. The molecule has 0 aliphatic heterocycles. The molecule has 0 aromatic heterocycles. The zero-order valence-electron chi connectivity index (χ0n) is 6.90. The van der Waals surface area contributed by atoms with Crippen molar-refractivity contribution in [1.29, 1.82) is 0 Å². The molecule has 13 heavy (non-hydrogen) atoms. The number of aromatic hydroxyl groups is 1. The summed E-state index contributed by atoms with van der Waals surface area (Å²) in [6, 6.07) is 5.68. The molecule has 1 aromatic carbocycles. The average molecular weight is 180 g/mol. The smallest absolute Gasteiger partial charge is 0.219 e. The normalized spacial score (nSPS) is 12.4. The summed E-state index contributed by atoms with van der Waals surface area (Å²) in [6.45, 7) is 0. The molecule has 0 amide bonds. The minimum atomic E-state index is -0.718. The van der Waals surface area contributed by atoms with Gasteiger partial charge >= 0.3 is 0 Å². The molecule has 0 saturated carbocycles. The highest BCUT2D eigenvalue weighted by Gasteiger charge is 2.06. The number of hydroxylamine groups is 1. The number of benzene rings is 1. The second-order valence-electron chi connectivity index (χ2n) is 2.67. The van der Waals surface area contributed by atoms with Crippen molar-refractivity contribution >= 4 is 6.29 Å². The van der Waals surface area contributed by atoms with Gasteiger partial charge in [-0.05, 0) is 24.1 Å². The fraction of sp³-hybridized carbons (Fsp3) is 0.222. The Morgan fingerprint density at radius 2 is 2.00 bits per heavy atom. The standard InChI is InChI=1S/C9H10NO3/c11-6-8(10-13)5-7-1-3-9(12)4-2-7/h1-4,8,10,12-13H,5H2/t8-/m0/s1. The minimum absolute atomic E-state index is 0.173. The minimum Gasteiger partial charge on any atom is -0.508 e. The summed E-state index contributed by atoms with van der Waals surface area (Å²) in [5, 5.41) is 17.4. The average Bonchev–Trinajstić information content (AvgIpc) is 2.17. The van der Waals surface area contributed by atoms with Crippen LogP contribution in [0.2, 0.25) is 0 Å². The Labute approximate surface area is 75.8 Å². The second-order valence-corrected chi connectivity index (χ2v) is 2.67. The van der Waals surface area contributed by atoms with E-state index in [2.05, 4.69) is 0 Å². The third kappa shape index (κ3) is 2.85. The second kappa shape index (κ2) is 4.59. The van der Waals surface area contributed by atoms with E-state index in [4.69, 9.17) is 10.3 Å². The summed E-state index contributed by atoms with van der Waals surface area (Å²) in [6.07, 6.45) is 1.99. The van der Waals surface area contributed by atoms with E-state index in [-0.39, 0.29) is 5.75 Å². The van der Waals surface area contributed by atoms with Gasteiger partial charge in [0, 0.05) is 0 Å². The SMILES string of the molecule is O=[C][C@H](Cc1ccc(O)cc1)NO. The summed E-state index contributed by atoms with van der Waals surface area (Å²) < 4.78 is 0. The lowest BCUT2D eigenvalue weighted by molar-refractivity contribution is 0.148. The zero-order chi connectivity index (χ0) is 9.68. The fourth-order valence-corrected chi connectivity index (χ4v) is 0.981. The Bertz CT molecular complexity index is 271. The Morgan fingerprint density at radius 3 is 2.46 bits per heavy atom. The van der Waals surface area contributed by atoms with Crippen LogP contribution in [0.15, 0.2) is 24.3 Å². The van der Waals surface area contributed by atoms with Crippen molar-refractivity contribution in [3.63, 3.8) is 0 Å². The number of phenols is 1. The predicted molar refractivity (Wildman–Crippen MR) is 46.2 cm³/mol. The highest BCUT2D eigenvalue weighted by Crippen LogP contribution is 2.10. The highest BCUT2D eigenvalue weighted by atomic mass is 16.5. The van der Waals surface area contributed by atoms with Crippen LogP contribution >= 0.6 is 0 Å². The molecule has 1 rings (SSSR count). The largest absolute Gasteiger partial charge is 0.508 e. The number of phenolic OH excluding ortho intramolecular Hbond substituents is 1. The number of hydrogen-bond acceptors (Lipinski definition) is 4. The molecule has 4 nitrogen and oxygen atoms in total. The first-order valence-corrected chi connectivity index (χ1v) is 3.81. The van der Waals surface area contributed by atoms with E-state index in [1.165, 1.54) is 12.1 Å². The Kier molecular flexibility index (Phi) is 3.42. The van der Waals surface area contributed by atoms with Crippen molar-refractivity contribution < 1.29 is 15.1 Å². The maximum Gasteiger partial charge on any atom is 0.219 e. The van der Waals surface area contributed by atoms with E-state index in [1.807, 2.05) is 5.48 Å². The van der Waals surface area contributed by atoms with Crippen molar-refractivity contribution in [2.24, 2.45) is 0 Å². The molecule has 0 bridgehead atoms. The molecule has 69 valence electrons. The van der Waals surface area contributed by atoms with E-state index in [1.54, 1.807) is 18.4 Å². The van der Waals surface area contributed by atoms with Crippen LogP contribution in [0.25, 0.3) is 0 Å². The molecule has 0 spiro atoms. The van der Waals surface area contributed by atoms with E-state index in [0.717, 1.165) is 5.56 Å². The molecule has 1 aromatic rings. The van der Waals surface area contributed by atoms with Crippen molar-refractivity contribution in [3.8, 4) is 5.75 Å². The summed E-state index contributed by atoms with van der Waals surface area (Å²) in [5.74, 6) is 0.173. The van der Waals surface area contributed by atoms with Gasteiger partial charge in [0.05, 0.1) is 0 Å². The van der Waals surface area contributed by atoms with Gasteiger partial charge in [-0.3, -0.25) is 4.79 Å². The Hall–Kier alpha value is -1.39. The lowest BCUT2D eigenvalue weighted by Crippen LogP contribution is -2.29. The van der Waals surface area contributed by atoms with Crippen molar-refractivity contribution in [2.45, 2.75) is 12.5 Å². The molecule has 0 aliphatic rings. The van der Waals surface area contributed by atoms with Crippen LogP contribution in [0.5, 0.6) is 5.75 Å². The van der Waals surface area contributed by atoms with Crippen LogP contribution in [0.3, 0.4) is 0 Å². The van der Waals surface area contributed by atoms with Crippen molar-refractivity contribution in [3.05, 3.63) is 29.8 Å². The fourth-order valence-electron chi connectivity index (χ4n) is 0.981. The molecule has 0 fully saturated rings. The van der Waals surface area contributed by atoms with Gasteiger partial charge in [-0.2, -0.15) is 5.48 Å². The van der Waals surface area contributed by atoms with Gasteiger partial charge < -0.3 is 10.3 Å². The maximum absolute atomic E-state index is 10.2. The lowest BCUT2D eigenvalue weighted by Gasteiger charge is -2.06. The molecule has 1 atom stereocenters. The van der Waals surface area contributed by atoms with Crippen LogP contribution in [-0.4, -0.2) is 22.6 Å². The van der Waals surface area contributed by atoms with Gasteiger partial charge in [0.15, 0.2) is 0 Å². The summed E-state index contributed by atoms with van der Waals surface area (Å²) in [7, 11) is 0. The van der Waals surface area contributed by atoms with Gasteiger partial charge in [-0.1, -0.05) is 12.1 Å². The first kappa shape index (κ1) is 9.70. The molecule has 0 saturated heterocycles. The van der Waals surface area contributed by atoms with Crippen LogP contribution in [-0.2, 0) is 11.2 Å². The molecule has 4 heteroatoms. The van der Waals surface area contributed by atoms with E-state index >= 15 is 0 Å². The molecule has 0 unspecified atom stereocenters. The maximum atomic E-state index is 10.2. The van der Waals surface area contributed by atoms with Gasteiger partial charge in [-0.15, -0.1) is 0 Å². The first-order valence-electron chi connectivity index (χ1n) is 3.81. The van der Waals surface area contributed by atoms with Crippen LogP contribution < -0.4 is 5.48 Å². The molecular weight excluding hydrogens is 170 g/mol. The van der Waals surface area contributed by atoms with Gasteiger partial charge in [0.25, 0.3) is 0 Å². The first-order chi connectivity index (χ1) is 6.26. The Balaban J connectivity index is 2.63. The van der Waals surface area contributed by atoms with Crippen molar-refractivity contribution in [2.75, 3.05) is 0 Å². The molecule has 3 N–H and O–H groups in total. The summed E-state index contributed by atoms with van der Waals surface area (Å²) in [4.78, 5) is 10.2. The quantitative estimate of drug-likeness (QED) is 0.586. The van der Waals surface area contributed by atoms with Gasteiger partial charge in [0.1, 0.15) is 11.8 Å². The third-order valence-electron chi connectivity index (χ3n) is 1.67. The van der Waals surface area contributed by atoms with Crippen molar-refractivity contribution in [1.82, 2.24) is 5.48 Å². The molecule has 0 aliphatic carbocycles. The Morgan fingerprint density at radius 1 is 1.38 bits per heavy atom. The molecule has 1 radical (unpaired) electrons. The zero-order valence-corrected chi connectivity index (χ0v) is 6.90. The van der Waals surface area contributed by atoms with E-state index in [0.29, 0.717) is 6.42 Å². The predicted octanol–water partition coefficient (Wildman–Crippen LogP) is 0.392. The highest BCUT2D eigenvalue weighted by molar-refractivity contribution is 5.59. The van der Waals surface area contributed by atoms with E-state index in [9.17, 15) is 4.79 Å². The number of hydrogen-bond donors (Lipinski definition) is 3. The number of carbonyl (C=O) groups excluding carboxylic acids is 1. The van der Waals surface area contributed by atoms with Crippen LogP contribution in [0.4, 0.5) is 0 Å². The van der Waals surface area contributed by atoms with E-state index < -0.39 is 6.04 Å². The molecular formula is C9H10NO3.